The van der Waals surface area contributed by atoms with Gasteiger partial charge in [-0.05, 0) is 80.4 Å². The van der Waals surface area contributed by atoms with Crippen molar-refractivity contribution in [2.45, 2.75) is 26.3 Å². The van der Waals surface area contributed by atoms with Crippen molar-refractivity contribution in [1.29, 1.82) is 0 Å². The number of aromatic nitrogens is 1. The van der Waals surface area contributed by atoms with E-state index in [1.165, 1.54) is 19.2 Å². The summed E-state index contributed by atoms with van der Waals surface area (Å²) in [6, 6.07) is 19.6. The van der Waals surface area contributed by atoms with Gasteiger partial charge in [-0.2, -0.15) is 0 Å². The Bertz CT molecular complexity index is 1790. The van der Waals surface area contributed by atoms with Gasteiger partial charge in [0.05, 0.1) is 11.3 Å². The maximum absolute atomic E-state index is 13.5. The molecule has 9 nitrogen and oxygen atoms in total. The summed E-state index contributed by atoms with van der Waals surface area (Å²) in [6.45, 7) is 4.89. The Balaban J connectivity index is 1.44. The Morgan fingerprint density at radius 1 is 0.878 bits per heavy atom. The van der Waals surface area contributed by atoms with E-state index in [2.05, 4.69) is 21.1 Å². The fraction of sp³-hybridized carbons (Fsp3) is 0.161. The number of carbonyl (C=O) groups excluding carboxylic acids is 3. The Morgan fingerprint density at radius 3 is 2.27 bits per heavy atom. The van der Waals surface area contributed by atoms with Gasteiger partial charge in [0, 0.05) is 29.6 Å². The fourth-order valence-electron chi connectivity index (χ4n) is 4.38. The lowest BCUT2D eigenvalue weighted by Crippen LogP contribution is -2.52. The molecular weight excluding hydrogens is 527 g/mol. The van der Waals surface area contributed by atoms with Crippen LogP contribution in [-0.2, 0) is 4.79 Å². The normalized spacial score (nSPS) is 11.3. The molecule has 3 N–H and O–H groups in total. The van der Waals surface area contributed by atoms with Crippen LogP contribution in [0.3, 0.4) is 0 Å². The average molecular weight is 555 g/mol. The standard InChI is InChI=1S/C31H27FN4O5/c1-17-14-25(41-36-17)34-30(39)31(2,3)35-28(37)21-7-5-6-19(15-21)20-10-13-24-23(16-20)26(29(38)33-4)27(40-24)18-8-11-22(32)12-9-18/h5-16H,1-4H3,(H,33,38)(H,34,39)(H,35,37). The minimum absolute atomic E-state index is 0.185. The fourth-order valence-corrected chi connectivity index (χ4v) is 4.38. The molecule has 0 fully saturated rings. The smallest absolute Gasteiger partial charge is 0.255 e. The number of nitrogens with one attached hydrogen (secondary N) is 3. The molecule has 0 bridgehead atoms. The van der Waals surface area contributed by atoms with Crippen LogP contribution in [-0.4, -0.2) is 35.5 Å². The van der Waals surface area contributed by atoms with Gasteiger partial charge >= 0.3 is 0 Å². The predicted octanol–water partition coefficient (Wildman–Crippen LogP) is 5.71. The second-order valence-corrected chi connectivity index (χ2v) is 10.0. The third-order valence-electron chi connectivity index (χ3n) is 6.56. The molecule has 0 atom stereocenters. The molecule has 208 valence electrons. The van der Waals surface area contributed by atoms with E-state index in [0.29, 0.717) is 44.7 Å². The highest BCUT2D eigenvalue weighted by molar-refractivity contribution is 6.12. The van der Waals surface area contributed by atoms with Crippen molar-refractivity contribution in [1.82, 2.24) is 15.8 Å². The molecule has 2 heterocycles. The molecule has 0 spiro atoms. The van der Waals surface area contributed by atoms with E-state index in [1.807, 2.05) is 18.2 Å². The van der Waals surface area contributed by atoms with Crippen molar-refractivity contribution < 1.29 is 27.7 Å². The Kier molecular flexibility index (Phi) is 7.15. The molecule has 3 aromatic carbocycles. The number of furan rings is 1. The molecule has 3 amide bonds. The summed E-state index contributed by atoms with van der Waals surface area (Å²) in [5.41, 5.74) is 2.50. The highest BCUT2D eigenvalue weighted by Crippen LogP contribution is 2.36. The van der Waals surface area contributed by atoms with Crippen molar-refractivity contribution in [3.8, 4) is 22.5 Å². The number of nitrogens with zero attached hydrogens (tertiary/aromatic N) is 1. The third-order valence-corrected chi connectivity index (χ3v) is 6.56. The summed E-state index contributed by atoms with van der Waals surface area (Å²) >= 11 is 0. The molecule has 0 radical (unpaired) electrons. The summed E-state index contributed by atoms with van der Waals surface area (Å²) in [5, 5.41) is 12.3. The first-order valence-corrected chi connectivity index (χ1v) is 12.8. The van der Waals surface area contributed by atoms with Gasteiger partial charge in [0.25, 0.3) is 17.7 Å². The lowest BCUT2D eigenvalue weighted by atomic mass is 9.98. The first-order chi connectivity index (χ1) is 19.6. The molecule has 2 aromatic heterocycles. The lowest BCUT2D eigenvalue weighted by Gasteiger charge is -2.24. The minimum Gasteiger partial charge on any atom is -0.455 e. The number of fused-ring (bicyclic) bond motifs is 1. The Labute approximate surface area is 234 Å². The quantitative estimate of drug-likeness (QED) is 0.237. The number of hydrogen-bond donors (Lipinski definition) is 3. The number of aryl methyl sites for hydroxylation is 1. The summed E-state index contributed by atoms with van der Waals surface area (Å²) < 4.78 is 24.6. The largest absolute Gasteiger partial charge is 0.455 e. The molecule has 5 aromatic rings. The van der Waals surface area contributed by atoms with Crippen molar-refractivity contribution >= 4 is 34.6 Å². The van der Waals surface area contributed by atoms with E-state index in [-0.39, 0.29) is 11.8 Å². The second-order valence-electron chi connectivity index (χ2n) is 10.0. The molecular formula is C31H27FN4O5. The number of benzene rings is 3. The molecule has 5 rings (SSSR count). The van der Waals surface area contributed by atoms with Crippen molar-refractivity contribution in [2.24, 2.45) is 0 Å². The summed E-state index contributed by atoms with van der Waals surface area (Å²) in [7, 11) is 1.52. The van der Waals surface area contributed by atoms with Crippen molar-refractivity contribution in [2.75, 3.05) is 12.4 Å². The molecule has 0 aliphatic heterocycles. The highest BCUT2D eigenvalue weighted by Gasteiger charge is 2.31. The van der Waals surface area contributed by atoms with Gasteiger partial charge in [0.2, 0.25) is 5.88 Å². The Morgan fingerprint density at radius 2 is 1.59 bits per heavy atom. The first-order valence-electron chi connectivity index (χ1n) is 12.8. The van der Waals surface area contributed by atoms with Gasteiger partial charge in [0.1, 0.15) is 22.7 Å². The summed E-state index contributed by atoms with van der Waals surface area (Å²) in [4.78, 5) is 38.8. The molecule has 0 saturated carbocycles. The highest BCUT2D eigenvalue weighted by atomic mass is 19.1. The van der Waals surface area contributed by atoms with Gasteiger partial charge in [-0.3, -0.25) is 19.7 Å². The predicted molar refractivity (Wildman–Crippen MR) is 152 cm³/mol. The van der Waals surface area contributed by atoms with Crippen LogP contribution in [0, 0.1) is 12.7 Å². The van der Waals surface area contributed by atoms with E-state index in [4.69, 9.17) is 8.94 Å². The summed E-state index contributed by atoms with van der Waals surface area (Å²) in [6.07, 6.45) is 0. The molecule has 10 heteroatoms. The molecule has 0 aliphatic carbocycles. The van der Waals surface area contributed by atoms with Gasteiger partial charge in [-0.25, -0.2) is 4.39 Å². The van der Waals surface area contributed by atoms with Crippen LogP contribution < -0.4 is 16.0 Å². The van der Waals surface area contributed by atoms with Crippen molar-refractivity contribution in [3.05, 3.63) is 95.4 Å². The first kappa shape index (κ1) is 27.3. The third kappa shape index (κ3) is 5.58. The van der Waals surface area contributed by atoms with Crippen LogP contribution in [0.1, 0.15) is 40.3 Å². The van der Waals surface area contributed by atoms with Crippen LogP contribution in [0.2, 0.25) is 0 Å². The van der Waals surface area contributed by atoms with Gasteiger partial charge in [-0.1, -0.05) is 23.4 Å². The SMILES string of the molecule is CNC(=O)c1c(-c2ccc(F)cc2)oc2ccc(-c3cccc(C(=O)NC(C)(C)C(=O)Nc4cc(C)no4)c3)cc12. The van der Waals surface area contributed by atoms with Crippen LogP contribution in [0.4, 0.5) is 10.3 Å². The zero-order chi connectivity index (χ0) is 29.3. The summed E-state index contributed by atoms with van der Waals surface area (Å²) in [5.74, 6) is -1.16. The topological polar surface area (TPSA) is 126 Å². The number of halogens is 1. The average Bonchev–Trinajstić information content (AvgIpc) is 3.55. The van der Waals surface area contributed by atoms with Gasteiger partial charge in [0.15, 0.2) is 0 Å². The second kappa shape index (κ2) is 10.7. The molecule has 0 saturated heterocycles. The van der Waals surface area contributed by atoms with E-state index in [0.717, 1.165) is 5.56 Å². The number of rotatable bonds is 7. The van der Waals surface area contributed by atoms with E-state index in [1.54, 1.807) is 63.2 Å². The minimum atomic E-state index is -1.26. The maximum atomic E-state index is 13.5. The van der Waals surface area contributed by atoms with Crippen LogP contribution >= 0.6 is 0 Å². The number of anilines is 1. The molecule has 41 heavy (non-hydrogen) atoms. The van der Waals surface area contributed by atoms with Crippen molar-refractivity contribution in [3.63, 3.8) is 0 Å². The number of hydrogen-bond acceptors (Lipinski definition) is 6. The maximum Gasteiger partial charge on any atom is 0.255 e. The molecule has 0 unspecified atom stereocenters. The molecule has 0 aliphatic rings. The Hall–Kier alpha value is -5.25. The van der Waals surface area contributed by atoms with E-state index in [9.17, 15) is 18.8 Å². The van der Waals surface area contributed by atoms with Gasteiger partial charge in [-0.15, -0.1) is 0 Å². The van der Waals surface area contributed by atoms with E-state index < -0.39 is 23.2 Å². The monoisotopic (exact) mass is 554 g/mol. The van der Waals surface area contributed by atoms with Crippen LogP contribution in [0.25, 0.3) is 33.4 Å². The van der Waals surface area contributed by atoms with Crippen LogP contribution in [0.5, 0.6) is 0 Å². The zero-order valence-corrected chi connectivity index (χ0v) is 22.8. The van der Waals surface area contributed by atoms with E-state index >= 15 is 0 Å². The number of carbonyl (C=O) groups is 3. The lowest BCUT2D eigenvalue weighted by molar-refractivity contribution is -0.121. The number of amides is 3. The zero-order valence-electron chi connectivity index (χ0n) is 22.8. The van der Waals surface area contributed by atoms with Gasteiger partial charge < -0.3 is 19.6 Å². The van der Waals surface area contributed by atoms with Crippen LogP contribution in [0.15, 0.2) is 81.7 Å².